The first-order valence-electron chi connectivity index (χ1n) is 8.08. The number of carbonyl (C=O) groups is 2. The van der Waals surface area contributed by atoms with Crippen LogP contribution in [0.2, 0.25) is 0 Å². The molecule has 132 valence electrons. The second-order valence-electron chi connectivity index (χ2n) is 6.81. The largest absolute Gasteiger partial charge is 0.508 e. The van der Waals surface area contributed by atoms with Gasteiger partial charge in [-0.1, -0.05) is 45.0 Å². The van der Waals surface area contributed by atoms with Crippen LogP contribution >= 0.6 is 0 Å². The van der Waals surface area contributed by atoms with Crippen LogP contribution in [0.15, 0.2) is 48.5 Å². The van der Waals surface area contributed by atoms with Crippen LogP contribution in [0.1, 0.15) is 36.7 Å². The van der Waals surface area contributed by atoms with Gasteiger partial charge in [-0.2, -0.15) is 0 Å². The Kier molecular flexibility index (Phi) is 5.80. The molecule has 25 heavy (non-hydrogen) atoms. The number of phenols is 1. The van der Waals surface area contributed by atoms with E-state index in [2.05, 4.69) is 26.1 Å². The third kappa shape index (κ3) is 5.64. The van der Waals surface area contributed by atoms with Crippen LogP contribution < -0.4 is 10.1 Å². The van der Waals surface area contributed by atoms with Gasteiger partial charge in [0.1, 0.15) is 11.5 Å². The van der Waals surface area contributed by atoms with Gasteiger partial charge in [-0.3, -0.25) is 9.59 Å². The van der Waals surface area contributed by atoms with E-state index in [1.165, 1.54) is 17.7 Å². The van der Waals surface area contributed by atoms with Gasteiger partial charge in [0.05, 0.1) is 6.54 Å². The number of aromatic hydroxyl groups is 1. The summed E-state index contributed by atoms with van der Waals surface area (Å²) < 4.78 is 5.43. The summed E-state index contributed by atoms with van der Waals surface area (Å²) in [6.07, 6.45) is 0. The summed E-state index contributed by atoms with van der Waals surface area (Å²) in [6, 6.07) is 13.6. The Balaban J connectivity index is 1.80. The SMILES string of the molecule is CC(C)(C)c1ccc(OCC(=O)NCC(=O)c2cccc(O)c2)cc1. The summed E-state index contributed by atoms with van der Waals surface area (Å²) in [5, 5.41) is 11.9. The maximum Gasteiger partial charge on any atom is 0.258 e. The van der Waals surface area contributed by atoms with Crippen molar-refractivity contribution in [3.63, 3.8) is 0 Å². The van der Waals surface area contributed by atoms with E-state index >= 15 is 0 Å². The van der Waals surface area contributed by atoms with Crippen molar-refractivity contribution in [3.05, 3.63) is 59.7 Å². The maximum atomic E-state index is 11.9. The Hall–Kier alpha value is -2.82. The molecule has 1 amide bonds. The van der Waals surface area contributed by atoms with Crippen molar-refractivity contribution in [2.45, 2.75) is 26.2 Å². The zero-order valence-electron chi connectivity index (χ0n) is 14.7. The van der Waals surface area contributed by atoms with Gasteiger partial charge in [0.2, 0.25) is 0 Å². The highest BCUT2D eigenvalue weighted by Gasteiger charge is 2.13. The van der Waals surface area contributed by atoms with Gasteiger partial charge in [0, 0.05) is 5.56 Å². The molecule has 2 aromatic rings. The van der Waals surface area contributed by atoms with Crippen LogP contribution in [0, 0.1) is 0 Å². The fraction of sp³-hybridized carbons (Fsp3) is 0.300. The standard InChI is InChI=1S/C20H23NO4/c1-20(2,3)15-7-9-17(10-8-15)25-13-19(24)21-12-18(23)14-5-4-6-16(22)11-14/h4-11,22H,12-13H2,1-3H3,(H,21,24). The molecular weight excluding hydrogens is 318 g/mol. The molecule has 0 aliphatic carbocycles. The Bertz CT molecular complexity index is 745. The number of hydrogen-bond donors (Lipinski definition) is 2. The zero-order chi connectivity index (χ0) is 18.4. The molecule has 2 aromatic carbocycles. The number of ketones is 1. The lowest BCUT2D eigenvalue weighted by molar-refractivity contribution is -0.122. The number of hydrogen-bond acceptors (Lipinski definition) is 4. The van der Waals surface area contributed by atoms with Gasteiger partial charge >= 0.3 is 0 Å². The van der Waals surface area contributed by atoms with Crippen molar-refractivity contribution in [1.82, 2.24) is 5.32 Å². The molecule has 0 bridgehead atoms. The lowest BCUT2D eigenvalue weighted by Crippen LogP contribution is -2.33. The molecule has 5 heteroatoms. The van der Waals surface area contributed by atoms with Gasteiger partial charge in [0.15, 0.2) is 12.4 Å². The van der Waals surface area contributed by atoms with Gasteiger partial charge in [-0.15, -0.1) is 0 Å². The number of ether oxygens (including phenoxy) is 1. The molecule has 0 radical (unpaired) electrons. The topological polar surface area (TPSA) is 75.6 Å². The average Bonchev–Trinajstić information content (AvgIpc) is 2.57. The summed E-state index contributed by atoms with van der Waals surface area (Å²) in [5.74, 6) is -0.0474. The summed E-state index contributed by atoms with van der Waals surface area (Å²) >= 11 is 0. The minimum Gasteiger partial charge on any atom is -0.508 e. The molecule has 0 saturated carbocycles. The van der Waals surface area contributed by atoms with Crippen LogP contribution in [0.3, 0.4) is 0 Å². The van der Waals surface area contributed by atoms with E-state index in [1.54, 1.807) is 12.1 Å². The molecule has 0 atom stereocenters. The highest BCUT2D eigenvalue weighted by Crippen LogP contribution is 2.24. The second kappa shape index (κ2) is 7.83. The highest BCUT2D eigenvalue weighted by atomic mass is 16.5. The van der Waals surface area contributed by atoms with Gasteiger partial charge < -0.3 is 15.2 Å². The minimum absolute atomic E-state index is 0.0132. The number of benzene rings is 2. The van der Waals surface area contributed by atoms with Crippen molar-refractivity contribution in [2.24, 2.45) is 0 Å². The van der Waals surface area contributed by atoms with Crippen LogP contribution in [0.25, 0.3) is 0 Å². The predicted molar refractivity (Wildman–Crippen MR) is 96.1 cm³/mol. The smallest absolute Gasteiger partial charge is 0.258 e. The van der Waals surface area contributed by atoms with Gasteiger partial charge in [-0.25, -0.2) is 0 Å². The van der Waals surface area contributed by atoms with E-state index in [4.69, 9.17) is 4.74 Å². The molecule has 2 N–H and O–H groups in total. The maximum absolute atomic E-state index is 11.9. The van der Waals surface area contributed by atoms with Gasteiger partial charge in [0.25, 0.3) is 5.91 Å². The summed E-state index contributed by atoms with van der Waals surface area (Å²) in [4.78, 5) is 23.7. The highest BCUT2D eigenvalue weighted by molar-refractivity contribution is 5.99. The number of amides is 1. The number of Topliss-reactive ketones (excluding diaryl/α,β-unsaturated/α-hetero) is 1. The van der Waals surface area contributed by atoms with Crippen LogP contribution in [0.5, 0.6) is 11.5 Å². The molecular formula is C20H23NO4. The zero-order valence-corrected chi connectivity index (χ0v) is 14.7. The Morgan fingerprint density at radius 1 is 1.08 bits per heavy atom. The van der Waals surface area contributed by atoms with Crippen molar-refractivity contribution < 1.29 is 19.4 Å². The molecule has 0 aliphatic rings. The molecule has 2 rings (SSSR count). The fourth-order valence-corrected chi connectivity index (χ4v) is 2.21. The molecule has 0 spiro atoms. The average molecular weight is 341 g/mol. The minimum atomic E-state index is -0.381. The molecule has 5 nitrogen and oxygen atoms in total. The predicted octanol–water partition coefficient (Wildman–Crippen LogP) is 3.07. The summed E-state index contributed by atoms with van der Waals surface area (Å²) in [5.41, 5.74) is 1.59. The molecule has 0 saturated heterocycles. The molecule has 0 aromatic heterocycles. The summed E-state index contributed by atoms with van der Waals surface area (Å²) in [6.45, 7) is 6.07. The monoisotopic (exact) mass is 341 g/mol. The van der Waals surface area contributed by atoms with Crippen molar-refractivity contribution >= 4 is 11.7 Å². The number of phenolic OH excluding ortho intramolecular Hbond substituents is 1. The van der Waals surface area contributed by atoms with E-state index in [-0.39, 0.29) is 36.0 Å². The van der Waals surface area contributed by atoms with Crippen molar-refractivity contribution in [2.75, 3.05) is 13.2 Å². The quantitative estimate of drug-likeness (QED) is 0.792. The van der Waals surface area contributed by atoms with Crippen LogP contribution in [-0.2, 0) is 10.2 Å². The molecule has 0 aliphatic heterocycles. The van der Waals surface area contributed by atoms with E-state index in [9.17, 15) is 14.7 Å². The van der Waals surface area contributed by atoms with Crippen molar-refractivity contribution in [3.8, 4) is 11.5 Å². The van der Waals surface area contributed by atoms with E-state index < -0.39 is 0 Å². The van der Waals surface area contributed by atoms with E-state index in [1.807, 2.05) is 24.3 Å². The normalized spacial score (nSPS) is 11.0. The lowest BCUT2D eigenvalue weighted by Gasteiger charge is -2.19. The Morgan fingerprint density at radius 3 is 2.36 bits per heavy atom. The number of rotatable bonds is 6. The van der Waals surface area contributed by atoms with Crippen LogP contribution in [0.4, 0.5) is 0 Å². The van der Waals surface area contributed by atoms with E-state index in [0.717, 1.165) is 0 Å². The number of nitrogens with one attached hydrogen (secondary N) is 1. The van der Waals surface area contributed by atoms with E-state index in [0.29, 0.717) is 11.3 Å². The Labute approximate surface area is 147 Å². The first kappa shape index (κ1) is 18.5. The van der Waals surface area contributed by atoms with Crippen LogP contribution in [-0.4, -0.2) is 29.9 Å². The number of carbonyl (C=O) groups excluding carboxylic acids is 2. The third-order valence-electron chi connectivity index (χ3n) is 3.70. The molecule has 0 unspecified atom stereocenters. The Morgan fingerprint density at radius 2 is 1.76 bits per heavy atom. The lowest BCUT2D eigenvalue weighted by atomic mass is 9.87. The first-order chi connectivity index (χ1) is 11.8. The fourth-order valence-electron chi connectivity index (χ4n) is 2.21. The molecule has 0 heterocycles. The van der Waals surface area contributed by atoms with Gasteiger partial charge in [-0.05, 0) is 35.2 Å². The second-order valence-corrected chi connectivity index (χ2v) is 6.81. The molecule has 0 fully saturated rings. The first-order valence-corrected chi connectivity index (χ1v) is 8.08. The third-order valence-corrected chi connectivity index (χ3v) is 3.70. The van der Waals surface area contributed by atoms with Crippen molar-refractivity contribution in [1.29, 1.82) is 0 Å². The summed E-state index contributed by atoms with van der Waals surface area (Å²) in [7, 11) is 0.